The molecule has 0 fully saturated rings. The van der Waals surface area contributed by atoms with E-state index in [2.05, 4.69) is 29.6 Å². The van der Waals surface area contributed by atoms with Crippen molar-refractivity contribution in [3.63, 3.8) is 0 Å². The summed E-state index contributed by atoms with van der Waals surface area (Å²) >= 11 is 0. The fraction of sp³-hybridized carbons (Fsp3) is 0.474. The highest BCUT2D eigenvalue weighted by Crippen LogP contribution is 2.27. The van der Waals surface area contributed by atoms with Crippen LogP contribution in [0, 0.1) is 6.92 Å². The molecule has 2 amide bonds. The molecule has 1 aromatic heterocycles. The smallest absolute Gasteiger partial charge is 0.323 e. The maximum Gasteiger partial charge on any atom is 0.323 e. The van der Waals surface area contributed by atoms with Gasteiger partial charge < -0.3 is 20.6 Å². The lowest BCUT2D eigenvalue weighted by molar-refractivity contribution is 0.116. The number of rotatable bonds is 7. The third kappa shape index (κ3) is 5.57. The first-order valence-corrected chi connectivity index (χ1v) is 8.79. The molecule has 2 aromatic rings. The van der Waals surface area contributed by atoms with Crippen LogP contribution in [0.15, 0.2) is 30.6 Å². The molecule has 7 nitrogen and oxygen atoms in total. The van der Waals surface area contributed by atoms with Crippen molar-refractivity contribution in [2.45, 2.75) is 39.3 Å². The summed E-state index contributed by atoms with van der Waals surface area (Å²) in [5, 5.41) is 19.9. The van der Waals surface area contributed by atoms with Crippen LogP contribution in [0.25, 0.3) is 0 Å². The molecular weight excluding hydrogens is 330 g/mol. The van der Waals surface area contributed by atoms with Crippen LogP contribution < -0.4 is 10.6 Å². The molecule has 0 saturated carbocycles. The van der Waals surface area contributed by atoms with Gasteiger partial charge in [-0.2, -0.15) is 5.10 Å². The zero-order valence-electron chi connectivity index (χ0n) is 16.2. The molecule has 0 aliphatic rings. The van der Waals surface area contributed by atoms with Crippen molar-refractivity contribution in [3.05, 3.63) is 41.7 Å². The molecule has 0 unspecified atom stereocenters. The molecule has 0 spiro atoms. The van der Waals surface area contributed by atoms with Crippen molar-refractivity contribution in [2.75, 3.05) is 31.3 Å². The van der Waals surface area contributed by atoms with Crippen LogP contribution in [0.2, 0.25) is 0 Å². The van der Waals surface area contributed by atoms with Crippen LogP contribution >= 0.6 is 0 Å². The van der Waals surface area contributed by atoms with Gasteiger partial charge >= 0.3 is 6.03 Å². The summed E-state index contributed by atoms with van der Waals surface area (Å²) in [5.74, 6) is 0.311. The number of hydrogen-bond acceptors (Lipinski definition) is 4. The average molecular weight is 359 g/mol. The monoisotopic (exact) mass is 359 g/mol. The van der Waals surface area contributed by atoms with Crippen molar-refractivity contribution in [1.82, 2.24) is 14.7 Å². The number of hydrogen-bond donors (Lipinski definition) is 3. The third-order valence-electron chi connectivity index (χ3n) is 4.03. The number of anilines is 2. The Kier molecular flexibility index (Phi) is 6.76. The van der Waals surface area contributed by atoms with Gasteiger partial charge in [-0.15, -0.1) is 0 Å². The molecule has 1 aromatic carbocycles. The van der Waals surface area contributed by atoms with E-state index in [1.54, 1.807) is 17.1 Å². The number of urea groups is 1. The highest BCUT2D eigenvalue weighted by molar-refractivity contribution is 6.00. The Bertz CT molecular complexity index is 739. The lowest BCUT2D eigenvalue weighted by Crippen LogP contribution is -2.29. The maximum atomic E-state index is 12.4. The standard InChI is InChI=1S/C19H29N5O2/c1-13(2)17-8-6-7-14(3)18(17)22-19(26)21-15-9-20-24(10-15)12-16(25)11-23(4)5/h6-10,13,16,25H,11-12H2,1-5H3,(H2,21,22,26)/t16-/m1/s1. The lowest BCUT2D eigenvalue weighted by atomic mass is 9.98. The summed E-state index contributed by atoms with van der Waals surface area (Å²) < 4.78 is 1.62. The van der Waals surface area contributed by atoms with Gasteiger partial charge in [0.15, 0.2) is 0 Å². The Morgan fingerprint density at radius 2 is 2.04 bits per heavy atom. The lowest BCUT2D eigenvalue weighted by Gasteiger charge is -2.16. The normalized spacial score (nSPS) is 12.5. The Hall–Kier alpha value is -2.38. The zero-order chi connectivity index (χ0) is 19.3. The molecule has 1 heterocycles. The molecule has 0 aliphatic carbocycles. The molecular formula is C19H29N5O2. The first-order chi connectivity index (χ1) is 12.3. The van der Waals surface area contributed by atoms with Crippen LogP contribution in [-0.4, -0.2) is 52.6 Å². The molecule has 2 rings (SSSR count). The van der Waals surface area contributed by atoms with Gasteiger partial charge in [-0.25, -0.2) is 4.79 Å². The summed E-state index contributed by atoms with van der Waals surface area (Å²) in [6.07, 6.45) is 2.76. The van der Waals surface area contributed by atoms with E-state index in [9.17, 15) is 9.90 Å². The van der Waals surface area contributed by atoms with E-state index < -0.39 is 6.10 Å². The predicted octanol–water partition coefficient (Wildman–Crippen LogP) is 2.88. The second-order valence-corrected chi connectivity index (χ2v) is 7.14. The number of aliphatic hydroxyl groups excluding tert-OH is 1. The first-order valence-electron chi connectivity index (χ1n) is 8.79. The number of nitrogens with zero attached hydrogens (tertiary/aromatic N) is 3. The summed E-state index contributed by atoms with van der Waals surface area (Å²) in [6.45, 7) is 7.10. The molecule has 0 aliphatic heterocycles. The second kappa shape index (κ2) is 8.82. The van der Waals surface area contributed by atoms with E-state index in [4.69, 9.17) is 0 Å². The van der Waals surface area contributed by atoms with Gasteiger partial charge in [0, 0.05) is 18.4 Å². The van der Waals surface area contributed by atoms with Gasteiger partial charge in [0.05, 0.1) is 24.5 Å². The second-order valence-electron chi connectivity index (χ2n) is 7.14. The van der Waals surface area contributed by atoms with Crippen LogP contribution in [0.5, 0.6) is 0 Å². The molecule has 142 valence electrons. The number of aliphatic hydroxyl groups is 1. The number of likely N-dealkylation sites (N-methyl/N-ethyl adjacent to an activating group) is 1. The number of carbonyl (C=O) groups is 1. The number of aryl methyl sites for hydroxylation is 1. The van der Waals surface area contributed by atoms with Crippen LogP contribution in [-0.2, 0) is 6.54 Å². The van der Waals surface area contributed by atoms with Crippen molar-refractivity contribution in [3.8, 4) is 0 Å². The highest BCUT2D eigenvalue weighted by Gasteiger charge is 2.13. The molecule has 0 bridgehead atoms. The number of nitrogens with one attached hydrogen (secondary N) is 2. The Morgan fingerprint density at radius 1 is 1.31 bits per heavy atom. The summed E-state index contributed by atoms with van der Waals surface area (Å²) in [5.41, 5.74) is 3.55. The fourth-order valence-electron chi connectivity index (χ4n) is 2.84. The van der Waals surface area contributed by atoms with Crippen molar-refractivity contribution < 1.29 is 9.90 Å². The minimum Gasteiger partial charge on any atom is -0.390 e. The molecule has 7 heteroatoms. The maximum absolute atomic E-state index is 12.4. The van der Waals surface area contributed by atoms with E-state index in [0.717, 1.165) is 16.8 Å². The number of para-hydroxylation sites is 1. The Labute approximate surface area is 155 Å². The van der Waals surface area contributed by atoms with E-state index >= 15 is 0 Å². The zero-order valence-corrected chi connectivity index (χ0v) is 16.2. The topological polar surface area (TPSA) is 82.4 Å². The quantitative estimate of drug-likeness (QED) is 0.710. The SMILES string of the molecule is Cc1cccc(C(C)C)c1NC(=O)Nc1cnn(C[C@H](O)CN(C)C)c1. The van der Waals surface area contributed by atoms with Gasteiger partial charge in [-0.1, -0.05) is 32.0 Å². The first kappa shape index (κ1) is 19.9. The fourth-order valence-corrected chi connectivity index (χ4v) is 2.84. The minimum atomic E-state index is -0.521. The average Bonchev–Trinajstić information content (AvgIpc) is 2.94. The molecule has 26 heavy (non-hydrogen) atoms. The number of amides is 2. The minimum absolute atomic E-state index is 0.311. The molecule has 0 saturated heterocycles. The summed E-state index contributed by atoms with van der Waals surface area (Å²) in [4.78, 5) is 14.3. The summed E-state index contributed by atoms with van der Waals surface area (Å²) in [7, 11) is 3.81. The summed E-state index contributed by atoms with van der Waals surface area (Å²) in [6, 6.07) is 5.69. The third-order valence-corrected chi connectivity index (χ3v) is 4.03. The van der Waals surface area contributed by atoms with Crippen LogP contribution in [0.4, 0.5) is 16.2 Å². The van der Waals surface area contributed by atoms with Crippen molar-refractivity contribution in [1.29, 1.82) is 0 Å². The van der Waals surface area contributed by atoms with Gasteiger partial charge in [-0.3, -0.25) is 4.68 Å². The van der Waals surface area contributed by atoms with Gasteiger partial charge in [-0.05, 0) is 38.1 Å². The van der Waals surface area contributed by atoms with Crippen molar-refractivity contribution >= 4 is 17.4 Å². The van der Waals surface area contributed by atoms with Gasteiger partial charge in [0.25, 0.3) is 0 Å². The number of benzene rings is 1. The largest absolute Gasteiger partial charge is 0.390 e. The Balaban J connectivity index is 1.99. The van der Waals surface area contributed by atoms with E-state index in [1.165, 1.54) is 0 Å². The van der Waals surface area contributed by atoms with E-state index in [1.807, 2.05) is 44.1 Å². The van der Waals surface area contributed by atoms with Crippen molar-refractivity contribution in [2.24, 2.45) is 0 Å². The van der Waals surface area contributed by atoms with E-state index in [-0.39, 0.29) is 6.03 Å². The number of carbonyl (C=O) groups excluding carboxylic acids is 1. The molecule has 0 radical (unpaired) electrons. The van der Waals surface area contributed by atoms with Crippen LogP contribution in [0.1, 0.15) is 30.9 Å². The predicted molar refractivity (Wildman–Crippen MR) is 105 cm³/mol. The highest BCUT2D eigenvalue weighted by atomic mass is 16.3. The molecule has 1 atom stereocenters. The van der Waals surface area contributed by atoms with Gasteiger partial charge in [0.2, 0.25) is 0 Å². The van der Waals surface area contributed by atoms with E-state index in [0.29, 0.717) is 24.7 Å². The van der Waals surface area contributed by atoms with Crippen LogP contribution in [0.3, 0.4) is 0 Å². The molecule has 3 N–H and O–H groups in total. The number of aromatic nitrogens is 2. The Morgan fingerprint density at radius 3 is 2.69 bits per heavy atom. The van der Waals surface area contributed by atoms with Gasteiger partial charge in [0.1, 0.15) is 0 Å².